The highest BCUT2D eigenvalue weighted by Crippen LogP contribution is 2.31. The summed E-state index contributed by atoms with van der Waals surface area (Å²) in [6.07, 6.45) is 0.824. The molecule has 3 aromatic rings. The second-order valence-electron chi connectivity index (χ2n) is 7.07. The highest BCUT2D eigenvalue weighted by Gasteiger charge is 2.22. The Morgan fingerprint density at radius 1 is 1.27 bits per heavy atom. The minimum Gasteiger partial charge on any atom is -0.351 e. The number of rotatable bonds is 6. The van der Waals surface area contributed by atoms with Gasteiger partial charge < -0.3 is 5.73 Å². The van der Waals surface area contributed by atoms with Crippen molar-refractivity contribution in [3.8, 4) is 0 Å². The first-order valence-electron chi connectivity index (χ1n) is 9.56. The molecule has 0 saturated carbocycles. The summed E-state index contributed by atoms with van der Waals surface area (Å²) in [5.74, 6) is -0.527. The molecule has 1 unspecified atom stereocenters. The number of nitrogens with one attached hydrogen (secondary N) is 1. The van der Waals surface area contributed by atoms with E-state index in [1.54, 1.807) is 11.5 Å². The lowest BCUT2D eigenvalue weighted by molar-refractivity contribution is -0.119. The smallest absolute Gasteiger partial charge is 0.318 e. The summed E-state index contributed by atoms with van der Waals surface area (Å²) in [6, 6.07) is 7.03. The molecule has 30 heavy (non-hydrogen) atoms. The second-order valence-corrected chi connectivity index (χ2v) is 9.46. The molecule has 2 heterocycles. The Morgan fingerprint density at radius 2 is 1.93 bits per heavy atom. The lowest BCUT2D eigenvalue weighted by Crippen LogP contribution is -2.39. The van der Waals surface area contributed by atoms with Crippen LogP contribution in [-0.4, -0.2) is 26.7 Å². The number of hydrogen-bond acceptors (Lipinski definition) is 6. The van der Waals surface area contributed by atoms with Crippen molar-refractivity contribution >= 4 is 45.3 Å². The van der Waals surface area contributed by atoms with Crippen LogP contribution in [0.15, 0.2) is 34.2 Å². The number of carbonyl (C=O) groups is 2. The third kappa shape index (κ3) is 4.57. The molecule has 2 aromatic heterocycles. The maximum absolute atomic E-state index is 13.4. The van der Waals surface area contributed by atoms with Crippen LogP contribution in [0.4, 0.5) is 4.79 Å². The minimum absolute atomic E-state index is 0.126. The van der Waals surface area contributed by atoms with E-state index in [0.29, 0.717) is 21.9 Å². The first-order valence-corrected chi connectivity index (χ1v) is 11.3. The van der Waals surface area contributed by atoms with Crippen molar-refractivity contribution in [1.82, 2.24) is 14.9 Å². The highest BCUT2D eigenvalue weighted by molar-refractivity contribution is 8.00. The molecular formula is C21H24N4O3S2. The van der Waals surface area contributed by atoms with Crippen LogP contribution in [-0.2, 0) is 17.8 Å². The van der Waals surface area contributed by atoms with E-state index < -0.39 is 17.2 Å². The zero-order valence-corrected chi connectivity index (χ0v) is 18.9. The zero-order chi connectivity index (χ0) is 22.0. The van der Waals surface area contributed by atoms with E-state index in [4.69, 9.17) is 10.7 Å². The number of thioether (sulfide) groups is 1. The van der Waals surface area contributed by atoms with Crippen molar-refractivity contribution < 1.29 is 9.59 Å². The number of carbonyl (C=O) groups excluding carboxylic acids is 2. The summed E-state index contributed by atoms with van der Waals surface area (Å²) in [5.41, 5.74) is 7.98. The molecule has 0 bridgehead atoms. The van der Waals surface area contributed by atoms with Gasteiger partial charge in [-0.25, -0.2) is 9.78 Å². The molecule has 3 N–H and O–H groups in total. The Hall–Kier alpha value is -2.65. The van der Waals surface area contributed by atoms with Gasteiger partial charge in [-0.3, -0.25) is 19.5 Å². The summed E-state index contributed by atoms with van der Waals surface area (Å²) in [5, 5.41) is 2.49. The largest absolute Gasteiger partial charge is 0.351 e. The van der Waals surface area contributed by atoms with E-state index in [1.807, 2.05) is 38.1 Å². The molecule has 0 aliphatic carbocycles. The summed E-state index contributed by atoms with van der Waals surface area (Å²) in [7, 11) is 0. The molecule has 3 amide bonds. The summed E-state index contributed by atoms with van der Waals surface area (Å²) in [6.45, 7) is 7.99. The number of nitrogens with zero attached hydrogens (tertiary/aromatic N) is 2. The predicted molar refractivity (Wildman–Crippen MR) is 121 cm³/mol. The van der Waals surface area contributed by atoms with Gasteiger partial charge in [0.05, 0.1) is 17.2 Å². The van der Waals surface area contributed by atoms with Crippen molar-refractivity contribution in [2.75, 3.05) is 0 Å². The van der Waals surface area contributed by atoms with Crippen LogP contribution < -0.4 is 16.6 Å². The Balaban J connectivity index is 2.10. The van der Waals surface area contributed by atoms with Gasteiger partial charge in [-0.1, -0.05) is 48.5 Å². The van der Waals surface area contributed by atoms with Crippen LogP contribution in [0, 0.1) is 13.8 Å². The van der Waals surface area contributed by atoms with Gasteiger partial charge in [0.2, 0.25) is 5.91 Å². The van der Waals surface area contributed by atoms with Crippen LogP contribution >= 0.6 is 23.1 Å². The van der Waals surface area contributed by atoms with Crippen LogP contribution in [0.1, 0.15) is 35.4 Å². The van der Waals surface area contributed by atoms with Crippen molar-refractivity contribution in [2.45, 2.75) is 51.1 Å². The number of fused-ring (bicyclic) bond motifs is 1. The molecule has 0 fully saturated rings. The molecule has 9 heteroatoms. The van der Waals surface area contributed by atoms with E-state index >= 15 is 0 Å². The first kappa shape index (κ1) is 22.0. The molecule has 0 radical (unpaired) electrons. The molecule has 7 nitrogen and oxygen atoms in total. The molecule has 0 saturated heterocycles. The average molecular weight is 445 g/mol. The SMILES string of the molecule is CCc1sc2nc(SC(C)C(=O)NC(N)=O)n(Cc3ccc(C)cc3)c(=O)c2c1C. The Labute approximate surface area is 182 Å². The number of amides is 3. The van der Waals surface area contributed by atoms with Crippen LogP contribution in [0.25, 0.3) is 10.2 Å². The zero-order valence-electron chi connectivity index (χ0n) is 17.3. The van der Waals surface area contributed by atoms with Crippen molar-refractivity contribution in [3.05, 3.63) is 56.2 Å². The topological polar surface area (TPSA) is 107 Å². The first-order chi connectivity index (χ1) is 14.2. The molecule has 0 aliphatic heterocycles. The summed E-state index contributed by atoms with van der Waals surface area (Å²) >= 11 is 2.64. The molecule has 1 aromatic carbocycles. The maximum Gasteiger partial charge on any atom is 0.318 e. The number of aryl methyl sites for hydroxylation is 3. The molecule has 0 aliphatic rings. The molecule has 0 spiro atoms. The minimum atomic E-state index is -0.908. The molecule has 3 rings (SSSR count). The quantitative estimate of drug-likeness (QED) is 0.448. The van der Waals surface area contributed by atoms with Crippen molar-refractivity contribution in [3.63, 3.8) is 0 Å². The number of urea groups is 1. The average Bonchev–Trinajstić information content (AvgIpc) is 3.01. The van der Waals surface area contributed by atoms with Crippen LogP contribution in [0.5, 0.6) is 0 Å². The van der Waals surface area contributed by atoms with E-state index in [-0.39, 0.29) is 5.56 Å². The van der Waals surface area contributed by atoms with Gasteiger partial charge in [0.1, 0.15) is 4.83 Å². The predicted octanol–water partition coefficient (Wildman–Crippen LogP) is 3.36. The third-order valence-corrected chi connectivity index (χ3v) is 7.21. The van der Waals surface area contributed by atoms with Gasteiger partial charge in [0.25, 0.3) is 5.56 Å². The van der Waals surface area contributed by atoms with Gasteiger partial charge in [0.15, 0.2) is 5.16 Å². The fourth-order valence-corrected chi connectivity index (χ4v) is 5.19. The highest BCUT2D eigenvalue weighted by atomic mass is 32.2. The standard InChI is InChI=1S/C21H24N4O3S2/c1-5-15-12(3)16-18(30-15)24-21(29-13(4)17(26)23-20(22)28)25(19(16)27)10-14-8-6-11(2)7-9-14/h6-9,13H,5,10H2,1-4H3,(H3,22,23,26,28). The van der Waals surface area contributed by atoms with Gasteiger partial charge in [0, 0.05) is 4.88 Å². The van der Waals surface area contributed by atoms with Crippen LogP contribution in [0.3, 0.4) is 0 Å². The van der Waals surface area contributed by atoms with Crippen LogP contribution in [0.2, 0.25) is 0 Å². The fraction of sp³-hybridized carbons (Fsp3) is 0.333. The number of benzene rings is 1. The Bertz CT molecular complexity index is 1170. The maximum atomic E-state index is 13.4. The monoisotopic (exact) mass is 444 g/mol. The Morgan fingerprint density at radius 3 is 2.53 bits per heavy atom. The molecule has 1 atom stereocenters. The van der Waals surface area contributed by atoms with E-state index in [2.05, 4.69) is 12.2 Å². The van der Waals surface area contributed by atoms with Gasteiger partial charge in [-0.15, -0.1) is 11.3 Å². The van der Waals surface area contributed by atoms with E-state index in [0.717, 1.165) is 39.8 Å². The van der Waals surface area contributed by atoms with E-state index in [1.165, 1.54) is 11.3 Å². The Kier molecular flexibility index (Phi) is 6.62. The molecular weight excluding hydrogens is 420 g/mol. The third-order valence-electron chi connectivity index (χ3n) is 4.79. The van der Waals surface area contributed by atoms with Crippen molar-refractivity contribution in [1.29, 1.82) is 0 Å². The number of nitrogens with two attached hydrogens (primary N) is 1. The summed E-state index contributed by atoms with van der Waals surface area (Å²) in [4.78, 5) is 43.1. The van der Waals surface area contributed by atoms with E-state index in [9.17, 15) is 14.4 Å². The lowest BCUT2D eigenvalue weighted by Gasteiger charge is -2.15. The number of primary amides is 1. The number of imide groups is 1. The number of aromatic nitrogens is 2. The normalized spacial score (nSPS) is 12.1. The second kappa shape index (κ2) is 9.01. The molecule has 158 valence electrons. The number of hydrogen-bond donors (Lipinski definition) is 2. The number of thiophene rings is 1. The fourth-order valence-electron chi connectivity index (χ4n) is 3.12. The summed E-state index contributed by atoms with van der Waals surface area (Å²) < 4.78 is 1.60. The van der Waals surface area contributed by atoms with Crippen molar-refractivity contribution in [2.24, 2.45) is 5.73 Å². The van der Waals surface area contributed by atoms with Gasteiger partial charge in [-0.2, -0.15) is 0 Å². The lowest BCUT2D eigenvalue weighted by atomic mass is 10.1. The van der Waals surface area contributed by atoms with Gasteiger partial charge in [-0.05, 0) is 38.3 Å². The van der Waals surface area contributed by atoms with Gasteiger partial charge >= 0.3 is 6.03 Å².